The molecule has 1 aromatic rings. The molecule has 2 heterocycles. The van der Waals surface area contributed by atoms with Crippen LogP contribution in [0, 0.1) is 17.3 Å². The molecule has 1 fully saturated rings. The van der Waals surface area contributed by atoms with Crippen LogP contribution >= 0.6 is 0 Å². The van der Waals surface area contributed by atoms with E-state index in [2.05, 4.69) is 27.2 Å². The Kier molecular flexibility index (Phi) is 5.41. The van der Waals surface area contributed by atoms with E-state index in [-0.39, 0.29) is 5.78 Å². The number of rotatable bonds is 2. The van der Waals surface area contributed by atoms with Gasteiger partial charge in [0.15, 0.2) is 5.82 Å². The van der Waals surface area contributed by atoms with Crippen LogP contribution in [0.4, 0.5) is 11.5 Å². The summed E-state index contributed by atoms with van der Waals surface area (Å²) >= 11 is 0. The second-order valence-corrected chi connectivity index (χ2v) is 6.62. The zero-order valence-electron chi connectivity index (χ0n) is 13.9. The van der Waals surface area contributed by atoms with Crippen LogP contribution < -0.4 is 10.4 Å². The lowest BCUT2D eigenvalue weighted by Crippen LogP contribution is -2.31. The number of anilines is 2. The molecule has 0 aliphatic carbocycles. The quantitative estimate of drug-likeness (QED) is 0.499. The molecule has 0 saturated carbocycles. The molecule has 0 amide bonds. The number of hydrogen-bond donors (Lipinski definition) is 2. The zero-order chi connectivity index (χ0) is 16.9. The van der Waals surface area contributed by atoms with Crippen LogP contribution in [0.3, 0.4) is 0 Å². The molecule has 1 saturated heterocycles. The van der Waals surface area contributed by atoms with Crippen molar-refractivity contribution in [1.82, 2.24) is 4.98 Å². The van der Waals surface area contributed by atoms with Gasteiger partial charge in [0.1, 0.15) is 5.69 Å². The Morgan fingerprint density at radius 2 is 2.09 bits per heavy atom. The van der Waals surface area contributed by atoms with Crippen LogP contribution in [0.25, 0.3) is 0 Å². The summed E-state index contributed by atoms with van der Waals surface area (Å²) in [5.41, 5.74) is 3.62. The predicted octanol–water partition coefficient (Wildman–Crippen LogP) is 3.03. The van der Waals surface area contributed by atoms with Crippen molar-refractivity contribution in [3.8, 4) is 11.8 Å². The molecule has 5 nitrogen and oxygen atoms in total. The number of carbonyl (C=O) groups excluding carboxylic acids is 1. The predicted molar refractivity (Wildman–Crippen MR) is 91.4 cm³/mol. The fourth-order valence-electron chi connectivity index (χ4n) is 2.28. The first-order valence-electron chi connectivity index (χ1n) is 7.76. The minimum Gasteiger partial charge on any atom is -0.354 e. The van der Waals surface area contributed by atoms with Gasteiger partial charge in [0.05, 0.1) is 0 Å². The summed E-state index contributed by atoms with van der Waals surface area (Å²) in [6.45, 7) is 7.23. The highest BCUT2D eigenvalue weighted by Gasteiger charge is 2.19. The van der Waals surface area contributed by atoms with E-state index in [0.29, 0.717) is 5.69 Å². The number of nitrogens with zero attached hydrogens (tertiary/aromatic N) is 2. The normalized spacial score (nSPS) is 14.8. The maximum Gasteiger partial charge on any atom is 0.211 e. The molecule has 1 aromatic heterocycles. The van der Waals surface area contributed by atoms with Gasteiger partial charge in [-0.05, 0) is 37.0 Å². The zero-order valence-corrected chi connectivity index (χ0v) is 13.9. The molecule has 2 rings (SSSR count). The van der Waals surface area contributed by atoms with Crippen molar-refractivity contribution < 1.29 is 10.0 Å². The Hall–Kier alpha value is -2.32. The first-order chi connectivity index (χ1) is 10.9. The third-order valence-corrected chi connectivity index (χ3v) is 3.76. The summed E-state index contributed by atoms with van der Waals surface area (Å²) in [4.78, 5) is 18.2. The Morgan fingerprint density at radius 1 is 1.39 bits per heavy atom. The minimum atomic E-state index is -0.415. The summed E-state index contributed by atoms with van der Waals surface area (Å²) in [5.74, 6) is 6.30. The van der Waals surface area contributed by atoms with Gasteiger partial charge in [-0.3, -0.25) is 15.5 Å². The Morgan fingerprint density at radius 3 is 2.70 bits per heavy atom. The summed E-state index contributed by atoms with van der Waals surface area (Å²) < 4.78 is 0. The number of pyridine rings is 1. The van der Waals surface area contributed by atoms with Crippen LogP contribution in [0.1, 0.15) is 33.6 Å². The Labute approximate surface area is 137 Å². The topological polar surface area (TPSA) is 65.5 Å². The van der Waals surface area contributed by atoms with Crippen LogP contribution in [-0.4, -0.2) is 29.1 Å². The lowest BCUT2D eigenvalue weighted by Gasteiger charge is -2.30. The molecule has 0 aromatic carbocycles. The van der Waals surface area contributed by atoms with Crippen molar-refractivity contribution in [2.24, 2.45) is 5.41 Å². The molecule has 0 spiro atoms. The SMILES string of the molecule is CC(C)(C)C(=O)C#CC=C1CCN(c2ncccc2NO)CC1. The number of hydrogen-bond acceptors (Lipinski definition) is 5. The maximum absolute atomic E-state index is 11.8. The smallest absolute Gasteiger partial charge is 0.211 e. The summed E-state index contributed by atoms with van der Waals surface area (Å²) in [6, 6.07) is 3.57. The third kappa shape index (κ3) is 4.57. The van der Waals surface area contributed by atoms with Gasteiger partial charge in [0.25, 0.3) is 0 Å². The molecule has 0 atom stereocenters. The average Bonchev–Trinajstić information content (AvgIpc) is 2.54. The standard InChI is InChI=1S/C18H23N3O2/c1-18(2,3)16(22)8-4-6-14-9-12-21(13-10-14)17-15(20-23)7-5-11-19-17/h5-7,11,20,23H,9-10,12-13H2,1-3H3. The summed E-state index contributed by atoms with van der Waals surface area (Å²) in [6.07, 6.45) is 5.33. The fourth-order valence-corrected chi connectivity index (χ4v) is 2.28. The van der Waals surface area contributed by atoms with E-state index in [1.54, 1.807) is 18.3 Å². The van der Waals surface area contributed by atoms with Crippen LogP contribution in [-0.2, 0) is 4.79 Å². The van der Waals surface area contributed by atoms with E-state index >= 15 is 0 Å². The van der Waals surface area contributed by atoms with E-state index < -0.39 is 5.41 Å². The lowest BCUT2D eigenvalue weighted by atomic mass is 9.91. The van der Waals surface area contributed by atoms with Crippen LogP contribution in [0.5, 0.6) is 0 Å². The average molecular weight is 313 g/mol. The molecular weight excluding hydrogens is 290 g/mol. The molecule has 0 radical (unpaired) electrons. The monoisotopic (exact) mass is 313 g/mol. The summed E-state index contributed by atoms with van der Waals surface area (Å²) in [5, 5.41) is 9.16. The molecule has 23 heavy (non-hydrogen) atoms. The van der Waals surface area contributed by atoms with Gasteiger partial charge in [0, 0.05) is 24.7 Å². The molecule has 0 bridgehead atoms. The molecule has 1 aliphatic heterocycles. The lowest BCUT2D eigenvalue weighted by molar-refractivity contribution is -0.120. The van der Waals surface area contributed by atoms with Crippen molar-refractivity contribution in [3.05, 3.63) is 30.0 Å². The van der Waals surface area contributed by atoms with Gasteiger partial charge in [0.2, 0.25) is 5.78 Å². The Balaban J connectivity index is 1.98. The number of piperidine rings is 1. The van der Waals surface area contributed by atoms with Gasteiger partial charge in [-0.1, -0.05) is 32.3 Å². The van der Waals surface area contributed by atoms with Crippen molar-refractivity contribution in [2.45, 2.75) is 33.6 Å². The second-order valence-electron chi connectivity index (χ2n) is 6.62. The van der Waals surface area contributed by atoms with Gasteiger partial charge in [-0.15, -0.1) is 0 Å². The molecule has 0 unspecified atom stereocenters. The van der Waals surface area contributed by atoms with E-state index in [4.69, 9.17) is 5.21 Å². The van der Waals surface area contributed by atoms with Gasteiger partial charge in [-0.25, -0.2) is 4.98 Å². The van der Waals surface area contributed by atoms with Crippen molar-refractivity contribution in [1.29, 1.82) is 0 Å². The number of allylic oxidation sites excluding steroid dienone is 1. The van der Waals surface area contributed by atoms with Gasteiger partial charge in [-0.2, -0.15) is 0 Å². The van der Waals surface area contributed by atoms with Crippen LogP contribution in [0.2, 0.25) is 0 Å². The highest BCUT2D eigenvalue weighted by Crippen LogP contribution is 2.26. The van der Waals surface area contributed by atoms with Crippen molar-refractivity contribution in [3.63, 3.8) is 0 Å². The van der Waals surface area contributed by atoms with E-state index in [1.807, 2.05) is 26.8 Å². The molecule has 1 aliphatic rings. The second kappa shape index (κ2) is 7.30. The number of carbonyl (C=O) groups is 1. The van der Waals surface area contributed by atoms with Crippen molar-refractivity contribution >= 4 is 17.3 Å². The third-order valence-electron chi connectivity index (χ3n) is 3.76. The van der Waals surface area contributed by atoms with E-state index in [9.17, 15) is 4.79 Å². The highest BCUT2D eigenvalue weighted by atomic mass is 16.5. The van der Waals surface area contributed by atoms with Gasteiger partial charge >= 0.3 is 0 Å². The number of nitrogens with one attached hydrogen (secondary N) is 1. The number of ketones is 1. The van der Waals surface area contributed by atoms with E-state index in [1.165, 1.54) is 5.57 Å². The van der Waals surface area contributed by atoms with Crippen LogP contribution in [0.15, 0.2) is 30.0 Å². The molecule has 5 heteroatoms. The minimum absolute atomic E-state index is 0.0427. The Bertz CT molecular complexity index is 653. The van der Waals surface area contributed by atoms with E-state index in [0.717, 1.165) is 31.7 Å². The fraction of sp³-hybridized carbons (Fsp3) is 0.444. The number of aromatic nitrogens is 1. The van der Waals surface area contributed by atoms with Crippen molar-refractivity contribution in [2.75, 3.05) is 23.5 Å². The number of Topliss-reactive ketones (excluding diaryl/α,β-unsaturated/α-hetero) is 1. The van der Waals surface area contributed by atoms with Gasteiger partial charge < -0.3 is 4.90 Å². The first kappa shape index (κ1) is 17.0. The maximum atomic E-state index is 11.8. The molecule has 2 N–H and O–H groups in total. The molecule has 122 valence electrons. The first-order valence-corrected chi connectivity index (χ1v) is 7.76. The summed E-state index contributed by atoms with van der Waals surface area (Å²) in [7, 11) is 0. The molecular formula is C18H23N3O2. The highest BCUT2D eigenvalue weighted by molar-refractivity contribution is 5.99. The largest absolute Gasteiger partial charge is 0.354 e.